The molecule has 0 aliphatic rings. The van der Waals surface area contributed by atoms with Gasteiger partial charge in [0.2, 0.25) is 15.1 Å². The number of amides is 1. The summed E-state index contributed by atoms with van der Waals surface area (Å²) in [5, 5.41) is 32.0. The van der Waals surface area contributed by atoms with Gasteiger partial charge >= 0.3 is 5.97 Å². The van der Waals surface area contributed by atoms with E-state index in [4.69, 9.17) is 79.1 Å². The molecule has 29 heteroatoms. The number of aliphatic hydroxyl groups excluding tert-OH is 3. The van der Waals surface area contributed by atoms with Crippen molar-refractivity contribution >= 4 is 111 Å². The molecule has 0 unspecified atom stereocenters. The number of halogens is 5. The van der Waals surface area contributed by atoms with Crippen LogP contribution >= 0.6 is 56.2 Å². The quantitative estimate of drug-likeness (QED) is 0.0172. The number of nitrogens with zero attached hydrogens (tertiary/aromatic N) is 2. The van der Waals surface area contributed by atoms with E-state index >= 15 is 0 Å². The van der Waals surface area contributed by atoms with Crippen molar-refractivity contribution in [2.24, 2.45) is 0 Å². The average Bonchev–Trinajstić information content (AvgIpc) is 1.67. The molecule has 0 spiro atoms. The van der Waals surface area contributed by atoms with E-state index in [0.29, 0.717) is 59.6 Å². The van der Waals surface area contributed by atoms with Gasteiger partial charge in [-0.1, -0.05) is 142 Å². The van der Waals surface area contributed by atoms with Crippen LogP contribution < -0.4 is 20.5 Å². The molecule has 100 heavy (non-hydrogen) atoms. The van der Waals surface area contributed by atoms with Crippen molar-refractivity contribution in [1.29, 1.82) is 0 Å². The molecule has 0 bridgehead atoms. The van der Waals surface area contributed by atoms with Gasteiger partial charge in [-0.2, -0.15) is 0 Å². The van der Waals surface area contributed by atoms with E-state index in [-0.39, 0.29) is 17.9 Å². The predicted molar refractivity (Wildman–Crippen MR) is 410 cm³/mol. The first kappa shape index (κ1) is 109. The number of alkyl halides is 2. The fourth-order valence-corrected chi connectivity index (χ4v) is 6.03. The number of nitrogens with one attached hydrogen (secondary N) is 1. The topological polar surface area (TPSA) is 317 Å². The lowest BCUT2D eigenvalue weighted by Gasteiger charge is -2.13. The summed E-state index contributed by atoms with van der Waals surface area (Å²) in [5.41, 5.74) is 11.1. The number of fused-ring (bicyclic) bond motifs is 1. The highest BCUT2D eigenvalue weighted by Crippen LogP contribution is 2.25. The van der Waals surface area contributed by atoms with E-state index < -0.39 is 20.4 Å². The van der Waals surface area contributed by atoms with Crippen molar-refractivity contribution in [3.05, 3.63) is 211 Å². The number of rotatable bonds is 16. The lowest BCUT2D eigenvalue weighted by molar-refractivity contribution is -0.111. The van der Waals surface area contributed by atoms with Gasteiger partial charge in [-0.15, -0.1) is 23.2 Å². The number of hydrogen-bond donors (Lipinski definition) is 6. The number of para-hydroxylation sites is 6. The third-order valence-electron chi connectivity index (χ3n) is 9.91. The number of carboxylic acids is 1. The molecule has 0 aliphatic heterocycles. The summed E-state index contributed by atoms with van der Waals surface area (Å²) in [4.78, 5) is 48.6. The van der Waals surface area contributed by atoms with Gasteiger partial charge < -0.3 is 88.2 Å². The number of ether oxygens (including phenoxy) is 9. The van der Waals surface area contributed by atoms with E-state index in [2.05, 4.69) is 90.5 Å². The third-order valence-corrected chi connectivity index (χ3v) is 10.1. The van der Waals surface area contributed by atoms with Crippen LogP contribution in [0.1, 0.15) is 51.8 Å². The first-order valence-electron chi connectivity index (χ1n) is 29.2. The number of carbonyl (C=O) groups excluding carboxylic acids is 3. The average molecular weight is 1530 g/mol. The molecule has 0 atom stereocenters. The van der Waals surface area contributed by atoms with Gasteiger partial charge in [0.15, 0.2) is 5.58 Å². The number of benzene rings is 7. The summed E-state index contributed by atoms with van der Waals surface area (Å²) in [5.74, 6) is 1.04. The zero-order valence-corrected chi connectivity index (χ0v) is 64.8. The summed E-state index contributed by atoms with van der Waals surface area (Å²) in [7, 11) is 27.9. The molecule has 0 fully saturated rings. The highest BCUT2D eigenvalue weighted by molar-refractivity contribution is 8.26. The number of nitrogens with two attached hydrogens (primary N) is 1. The Bertz CT molecular complexity index is 2910. The van der Waals surface area contributed by atoms with Crippen LogP contribution in [0.5, 0.6) is 11.5 Å². The minimum atomic E-state index is -1.67. The standard InChI is InChI=1S/C14H13NO2.C13H9NO.C7H5ClO.C7H9NO.C7H6O2.C6H15N.2C3H8O2.C3H6O2.2C2H6O.CH2Cl2.3CH4O.Cl2OS/c1-17-13-10-6-5-9-12(13)15-14(16)11-7-3-2-4-8-11;1-2-6-10(7-3-1)13-14-11-8-4-5-9-12(11)15-13;8-7(9)6-4-2-1-3-5-6;1-9-7-5-3-2-4-6(7)8;8-7(9)6-4-2-1-3-5-6;1-4-7(5-2)6-3;2*1-4-3-5-2;1-5-3-2-4;2*1-3-2;2-1-3;3*1-2;1-4(2)3/h2-10H,1H3,(H,15,16);1-9H;1-5H;2-5H,8H2,1H3;1-5H,(H,8,9);4-6H2,1-3H3;2*3H2,1-2H3;2H,3H2,1H3;2*1-2H3;1H2;3*2H,1H3;. The second kappa shape index (κ2) is 87.9. The Morgan fingerprint density at radius 2 is 0.870 bits per heavy atom. The number of carbonyl (C=O) groups is 4. The van der Waals surface area contributed by atoms with E-state index in [1.807, 2.05) is 109 Å². The fourth-order valence-electron chi connectivity index (χ4n) is 5.90. The fraction of sp³-hybridized carbons (Fsp3) is 0.338. The molecule has 23 nitrogen and oxygen atoms in total. The molecule has 1 heterocycles. The smallest absolute Gasteiger partial charge is 0.335 e. The number of carboxylic acid groups (broad SMARTS) is 1. The second-order valence-corrected chi connectivity index (χ2v) is 20.3. The molecule has 8 aromatic rings. The van der Waals surface area contributed by atoms with Crippen molar-refractivity contribution in [3.63, 3.8) is 0 Å². The monoisotopic (exact) mass is 1520 g/mol. The van der Waals surface area contributed by atoms with E-state index in [1.165, 1.54) is 26.7 Å². The van der Waals surface area contributed by atoms with E-state index in [1.54, 1.807) is 156 Å². The first-order chi connectivity index (χ1) is 48.3. The van der Waals surface area contributed by atoms with Gasteiger partial charge in [0.1, 0.15) is 43.5 Å². The largest absolute Gasteiger partial charge is 0.495 e. The summed E-state index contributed by atoms with van der Waals surface area (Å²) in [6.07, 6.45) is 0.708. The zero-order chi connectivity index (χ0) is 78.0. The first-order valence-corrected chi connectivity index (χ1v) is 33.5. The van der Waals surface area contributed by atoms with Crippen LogP contribution in [-0.4, -0.2) is 203 Å². The Kier molecular flexibility index (Phi) is 95.7. The normalized spacial score (nSPS) is 8.67. The second-order valence-electron chi connectivity index (χ2n) is 16.7. The molecule has 0 aliphatic carbocycles. The lowest BCUT2D eigenvalue weighted by Crippen LogP contribution is -2.21. The number of aromatic carboxylic acids is 1. The van der Waals surface area contributed by atoms with Crippen molar-refractivity contribution in [2.45, 2.75) is 20.8 Å². The Morgan fingerprint density at radius 1 is 0.530 bits per heavy atom. The van der Waals surface area contributed by atoms with Gasteiger partial charge in [0, 0.05) is 123 Å². The Balaban J connectivity index is -0.000000158. The molecule has 0 saturated heterocycles. The van der Waals surface area contributed by atoms with Crippen LogP contribution in [0.4, 0.5) is 11.4 Å². The van der Waals surface area contributed by atoms with Crippen LogP contribution in [-0.2, 0) is 47.2 Å². The maximum absolute atomic E-state index is 11.9. The molecule has 8 rings (SSSR count). The van der Waals surface area contributed by atoms with Crippen LogP contribution in [0.25, 0.3) is 22.6 Å². The highest BCUT2D eigenvalue weighted by atomic mass is 36.0. The number of aliphatic hydroxyl groups is 3. The Labute approximate surface area is 618 Å². The molecule has 0 saturated carbocycles. The summed E-state index contributed by atoms with van der Waals surface area (Å²) < 4.78 is 55.5. The maximum Gasteiger partial charge on any atom is 0.335 e. The van der Waals surface area contributed by atoms with E-state index in [0.717, 1.165) is 43.7 Å². The van der Waals surface area contributed by atoms with Gasteiger partial charge in [-0.3, -0.25) is 9.59 Å². The molecule has 564 valence electrons. The predicted octanol–water partition coefficient (Wildman–Crippen LogP) is 14.6. The van der Waals surface area contributed by atoms with Gasteiger partial charge in [0.05, 0.1) is 36.5 Å². The summed E-state index contributed by atoms with van der Waals surface area (Å²) in [6.45, 7) is 11.1. The number of anilines is 2. The van der Waals surface area contributed by atoms with Crippen LogP contribution in [0.15, 0.2) is 199 Å². The van der Waals surface area contributed by atoms with Crippen LogP contribution in [0.3, 0.4) is 0 Å². The molecular weight excluding hydrogens is 1420 g/mol. The number of oxazole rings is 1. The molecular formula is C71H105Cl5N4O19S. The number of nitrogen functional groups attached to an aromatic ring is 1. The number of methoxy groups -OCH3 is 9. The van der Waals surface area contributed by atoms with Gasteiger partial charge in [-0.05, 0) is 104 Å². The summed E-state index contributed by atoms with van der Waals surface area (Å²) in [6, 6.07) is 58.5. The molecule has 1 amide bonds. The SMILES string of the molecule is CCN(CC)CC.CO.CO.CO.COC.COC.COCC=O.COCOC.COCOC.COc1ccccc1N.COc1ccccc1NC(=O)c1ccccc1.ClCCl.O=C(Cl)c1ccccc1.O=C(O)c1ccccc1.O=S(Cl)Cl.c1ccc(-c2nc3ccccc3o2)cc1. The van der Waals surface area contributed by atoms with Crippen LogP contribution in [0, 0.1) is 0 Å². The zero-order valence-electron chi connectivity index (χ0n) is 60.2. The molecule has 0 radical (unpaired) electrons. The maximum atomic E-state index is 11.9. The van der Waals surface area contributed by atoms with Crippen LogP contribution in [0.2, 0.25) is 0 Å². The number of hydrogen-bond acceptors (Lipinski definition) is 21. The van der Waals surface area contributed by atoms with Gasteiger partial charge in [-0.25, -0.2) is 14.0 Å². The minimum absolute atomic E-state index is 0.143. The Morgan fingerprint density at radius 3 is 1.15 bits per heavy atom. The molecule has 7 N–H and O–H groups in total. The van der Waals surface area contributed by atoms with E-state index in [9.17, 15) is 19.2 Å². The van der Waals surface area contributed by atoms with Crippen molar-refractivity contribution in [3.8, 4) is 23.0 Å². The summed E-state index contributed by atoms with van der Waals surface area (Å²) >= 11 is 14.7. The minimum Gasteiger partial charge on any atom is -0.495 e. The molecule has 1 aromatic heterocycles. The number of aromatic nitrogens is 1. The highest BCUT2D eigenvalue weighted by Gasteiger charge is 2.09. The van der Waals surface area contributed by atoms with Gasteiger partial charge in [0.25, 0.3) is 11.1 Å². The molecule has 7 aromatic carbocycles. The van der Waals surface area contributed by atoms with Crippen molar-refractivity contribution in [1.82, 2.24) is 9.88 Å². The van der Waals surface area contributed by atoms with Crippen molar-refractivity contribution in [2.75, 3.05) is 156 Å². The lowest BCUT2D eigenvalue weighted by atomic mass is 10.2. The number of aldehydes is 1. The third kappa shape index (κ3) is 70.7. The Hall–Kier alpha value is -7.15. The van der Waals surface area contributed by atoms with Crippen molar-refractivity contribution < 1.29 is 90.9 Å².